The van der Waals surface area contributed by atoms with Gasteiger partial charge < -0.3 is 9.73 Å². The summed E-state index contributed by atoms with van der Waals surface area (Å²) in [5.41, 5.74) is 4.12. The van der Waals surface area contributed by atoms with Crippen LogP contribution in [0.25, 0.3) is 22.1 Å². The second kappa shape index (κ2) is 5.16. The molecule has 3 heterocycles. The summed E-state index contributed by atoms with van der Waals surface area (Å²) >= 11 is 0. The summed E-state index contributed by atoms with van der Waals surface area (Å²) in [4.78, 5) is 21.1. The van der Waals surface area contributed by atoms with Crippen molar-refractivity contribution >= 4 is 33.7 Å². The van der Waals surface area contributed by atoms with Crippen LogP contribution in [0.2, 0.25) is 0 Å². The number of benzene rings is 1. The minimum absolute atomic E-state index is 0.222. The van der Waals surface area contributed by atoms with Gasteiger partial charge in [-0.1, -0.05) is 0 Å². The number of carbonyl (C=O) groups excluding carboxylic acids is 1. The average molecular weight is 321 g/mol. The third-order valence-corrected chi connectivity index (χ3v) is 3.88. The van der Waals surface area contributed by atoms with Gasteiger partial charge in [-0.15, -0.1) is 0 Å². The Morgan fingerprint density at radius 3 is 2.92 bits per heavy atom. The van der Waals surface area contributed by atoms with E-state index in [1.165, 1.54) is 0 Å². The van der Waals surface area contributed by atoms with Crippen molar-refractivity contribution in [1.29, 1.82) is 0 Å². The highest BCUT2D eigenvalue weighted by molar-refractivity contribution is 6.06. The van der Waals surface area contributed by atoms with Crippen LogP contribution in [-0.4, -0.2) is 25.7 Å². The Hall–Kier alpha value is -3.22. The predicted octanol–water partition coefficient (Wildman–Crippen LogP) is 2.98. The largest absolute Gasteiger partial charge is 0.441 e. The molecule has 0 aliphatic rings. The summed E-state index contributed by atoms with van der Waals surface area (Å²) < 4.78 is 7.14. The topological polar surface area (TPSA) is 85.8 Å². The van der Waals surface area contributed by atoms with Crippen molar-refractivity contribution in [3.63, 3.8) is 0 Å². The van der Waals surface area contributed by atoms with Crippen LogP contribution in [0, 0.1) is 13.8 Å². The van der Waals surface area contributed by atoms with Crippen molar-refractivity contribution in [2.75, 3.05) is 5.32 Å². The summed E-state index contributed by atoms with van der Waals surface area (Å²) in [6.45, 7) is 3.69. The lowest BCUT2D eigenvalue weighted by molar-refractivity contribution is 0.102. The number of carbonyl (C=O) groups is 1. The van der Waals surface area contributed by atoms with E-state index >= 15 is 0 Å². The third-order valence-electron chi connectivity index (χ3n) is 3.88. The fourth-order valence-electron chi connectivity index (χ4n) is 2.76. The zero-order chi connectivity index (χ0) is 16.8. The molecule has 24 heavy (non-hydrogen) atoms. The number of hydrogen-bond acceptors (Lipinski definition) is 5. The molecule has 0 bridgehead atoms. The quantitative estimate of drug-likeness (QED) is 0.613. The molecule has 1 aromatic carbocycles. The molecule has 7 heteroatoms. The zero-order valence-corrected chi connectivity index (χ0v) is 13.5. The molecule has 4 rings (SSSR count). The number of amides is 1. The lowest BCUT2D eigenvalue weighted by Gasteiger charge is -2.05. The summed E-state index contributed by atoms with van der Waals surface area (Å²) in [7, 11) is 1.84. The number of aromatic nitrogens is 4. The maximum atomic E-state index is 12.5. The van der Waals surface area contributed by atoms with Crippen LogP contribution in [-0.2, 0) is 7.05 Å². The molecule has 1 N–H and O–H groups in total. The first-order valence-corrected chi connectivity index (χ1v) is 7.49. The minimum atomic E-state index is -0.222. The van der Waals surface area contributed by atoms with Crippen LogP contribution >= 0.6 is 0 Å². The summed E-state index contributed by atoms with van der Waals surface area (Å²) in [5.74, 6) is 0.351. The number of nitrogens with zero attached hydrogens (tertiary/aromatic N) is 4. The monoisotopic (exact) mass is 321 g/mol. The molecule has 0 radical (unpaired) electrons. The highest BCUT2D eigenvalue weighted by Gasteiger charge is 2.12. The summed E-state index contributed by atoms with van der Waals surface area (Å²) in [6, 6.07) is 7.05. The highest BCUT2D eigenvalue weighted by atomic mass is 16.3. The normalized spacial score (nSPS) is 11.3. The number of aryl methyl sites for hydroxylation is 3. The van der Waals surface area contributed by atoms with Gasteiger partial charge >= 0.3 is 0 Å². The standard InChI is InChI=1S/C17H15N5O2/c1-9-13-7-12(8-18-16(13)22(3)21-9)20-17(23)11-4-5-15-14(6-11)19-10(2)24-15/h4-8H,1-3H3,(H,20,23). The summed E-state index contributed by atoms with van der Waals surface area (Å²) in [5, 5.41) is 8.10. The maximum absolute atomic E-state index is 12.5. The van der Waals surface area contributed by atoms with Crippen LogP contribution in [0.1, 0.15) is 21.9 Å². The van der Waals surface area contributed by atoms with Crippen molar-refractivity contribution in [2.45, 2.75) is 13.8 Å². The average Bonchev–Trinajstić information content (AvgIpc) is 3.05. The molecule has 4 aromatic rings. The number of anilines is 1. The van der Waals surface area contributed by atoms with Gasteiger partial charge in [-0.3, -0.25) is 9.48 Å². The van der Waals surface area contributed by atoms with Crippen LogP contribution in [0.15, 0.2) is 34.9 Å². The number of oxazole rings is 1. The smallest absolute Gasteiger partial charge is 0.255 e. The molecular weight excluding hydrogens is 306 g/mol. The van der Waals surface area contributed by atoms with E-state index in [4.69, 9.17) is 4.42 Å². The van der Waals surface area contributed by atoms with Gasteiger partial charge in [-0.05, 0) is 31.2 Å². The fourth-order valence-corrected chi connectivity index (χ4v) is 2.76. The van der Waals surface area contributed by atoms with E-state index in [2.05, 4.69) is 20.4 Å². The molecule has 0 atom stereocenters. The van der Waals surface area contributed by atoms with Gasteiger partial charge in [-0.25, -0.2) is 9.97 Å². The minimum Gasteiger partial charge on any atom is -0.441 e. The van der Waals surface area contributed by atoms with Crippen LogP contribution < -0.4 is 5.32 Å². The fraction of sp³-hybridized carbons (Fsp3) is 0.176. The Morgan fingerprint density at radius 2 is 2.08 bits per heavy atom. The Balaban J connectivity index is 1.65. The molecule has 0 saturated heterocycles. The van der Waals surface area contributed by atoms with E-state index in [1.54, 1.807) is 36.0 Å². The van der Waals surface area contributed by atoms with Gasteiger partial charge in [0.15, 0.2) is 17.1 Å². The van der Waals surface area contributed by atoms with Gasteiger partial charge in [0.25, 0.3) is 5.91 Å². The number of fused-ring (bicyclic) bond motifs is 2. The van der Waals surface area contributed by atoms with Crippen LogP contribution in [0.5, 0.6) is 0 Å². The van der Waals surface area contributed by atoms with Crippen molar-refractivity contribution in [3.05, 3.63) is 47.6 Å². The Bertz CT molecular complexity index is 1090. The van der Waals surface area contributed by atoms with Crippen LogP contribution in [0.3, 0.4) is 0 Å². The second-order valence-corrected chi connectivity index (χ2v) is 5.67. The van der Waals surface area contributed by atoms with Crippen molar-refractivity contribution in [2.24, 2.45) is 7.05 Å². The lowest BCUT2D eigenvalue weighted by atomic mass is 10.2. The molecular formula is C17H15N5O2. The molecule has 3 aromatic heterocycles. The van der Waals surface area contributed by atoms with E-state index in [-0.39, 0.29) is 5.91 Å². The first-order chi connectivity index (χ1) is 11.5. The van der Waals surface area contributed by atoms with E-state index in [1.807, 2.05) is 20.0 Å². The van der Waals surface area contributed by atoms with Crippen molar-refractivity contribution < 1.29 is 9.21 Å². The molecule has 0 aliphatic heterocycles. The Kier molecular flexibility index (Phi) is 3.09. The van der Waals surface area contributed by atoms with E-state index < -0.39 is 0 Å². The van der Waals surface area contributed by atoms with Gasteiger partial charge in [0.1, 0.15) is 5.52 Å². The molecule has 0 unspecified atom stereocenters. The molecule has 0 aliphatic carbocycles. The van der Waals surface area contributed by atoms with E-state index in [0.29, 0.717) is 28.2 Å². The van der Waals surface area contributed by atoms with Gasteiger partial charge in [0, 0.05) is 24.9 Å². The highest BCUT2D eigenvalue weighted by Crippen LogP contribution is 2.21. The molecule has 0 saturated carbocycles. The van der Waals surface area contributed by atoms with Crippen LogP contribution in [0.4, 0.5) is 5.69 Å². The van der Waals surface area contributed by atoms with Gasteiger partial charge in [-0.2, -0.15) is 5.10 Å². The molecule has 7 nitrogen and oxygen atoms in total. The Morgan fingerprint density at radius 1 is 1.25 bits per heavy atom. The zero-order valence-electron chi connectivity index (χ0n) is 13.5. The number of pyridine rings is 1. The molecule has 0 spiro atoms. The number of hydrogen-bond donors (Lipinski definition) is 1. The predicted molar refractivity (Wildman–Crippen MR) is 89.9 cm³/mol. The second-order valence-electron chi connectivity index (χ2n) is 5.67. The third kappa shape index (κ3) is 2.30. The lowest BCUT2D eigenvalue weighted by Crippen LogP contribution is -2.12. The number of rotatable bonds is 2. The van der Waals surface area contributed by atoms with E-state index in [0.717, 1.165) is 16.7 Å². The van der Waals surface area contributed by atoms with Gasteiger partial charge in [0.2, 0.25) is 0 Å². The first-order valence-electron chi connectivity index (χ1n) is 7.49. The van der Waals surface area contributed by atoms with Crippen molar-refractivity contribution in [3.8, 4) is 0 Å². The molecule has 1 amide bonds. The SMILES string of the molecule is Cc1nc2cc(C(=O)Nc3cnc4c(c3)c(C)nn4C)ccc2o1. The first kappa shape index (κ1) is 14.4. The van der Waals surface area contributed by atoms with Gasteiger partial charge in [0.05, 0.1) is 17.6 Å². The molecule has 0 fully saturated rings. The van der Waals surface area contributed by atoms with Crippen molar-refractivity contribution in [1.82, 2.24) is 19.7 Å². The van der Waals surface area contributed by atoms with E-state index in [9.17, 15) is 4.79 Å². The maximum Gasteiger partial charge on any atom is 0.255 e. The Labute approximate surface area is 137 Å². The summed E-state index contributed by atoms with van der Waals surface area (Å²) in [6.07, 6.45) is 1.63. The molecule has 120 valence electrons. The number of nitrogens with one attached hydrogen (secondary N) is 1.